The van der Waals surface area contributed by atoms with Crippen molar-refractivity contribution in [1.29, 1.82) is 0 Å². The van der Waals surface area contributed by atoms with Gasteiger partial charge in [0.15, 0.2) is 0 Å². The highest BCUT2D eigenvalue weighted by molar-refractivity contribution is 5.38. The Labute approximate surface area is 114 Å². The number of rotatable bonds is 6. The van der Waals surface area contributed by atoms with Gasteiger partial charge in [0.2, 0.25) is 0 Å². The van der Waals surface area contributed by atoms with Crippen LogP contribution in [0.5, 0.6) is 0 Å². The lowest BCUT2D eigenvalue weighted by atomic mass is 10.3. The summed E-state index contributed by atoms with van der Waals surface area (Å²) in [6.07, 6.45) is 1.69. The van der Waals surface area contributed by atoms with Gasteiger partial charge in [0, 0.05) is 19.6 Å². The minimum absolute atomic E-state index is 0.464. The summed E-state index contributed by atoms with van der Waals surface area (Å²) in [5.41, 5.74) is 1.05. The van der Waals surface area contributed by atoms with Crippen molar-refractivity contribution in [1.82, 2.24) is 10.3 Å². The number of hydrogen-bond donors (Lipinski definition) is 1. The van der Waals surface area contributed by atoms with Gasteiger partial charge < -0.3 is 14.6 Å². The molecule has 0 unspecified atom stereocenters. The highest BCUT2D eigenvalue weighted by Crippen LogP contribution is 2.13. The van der Waals surface area contributed by atoms with Crippen molar-refractivity contribution in [3.63, 3.8) is 0 Å². The smallest absolute Gasteiger partial charge is 0.129 e. The largest absolute Gasteiger partial charge is 0.467 e. The van der Waals surface area contributed by atoms with Crippen LogP contribution in [0.2, 0.25) is 0 Å². The molecule has 0 spiro atoms. The molecule has 0 aliphatic carbocycles. The van der Waals surface area contributed by atoms with Crippen molar-refractivity contribution >= 4 is 5.82 Å². The van der Waals surface area contributed by atoms with Crippen LogP contribution in [0.3, 0.4) is 0 Å². The Kier molecular flexibility index (Phi) is 4.58. The van der Waals surface area contributed by atoms with Crippen LogP contribution < -0.4 is 10.2 Å². The Morgan fingerprint density at radius 3 is 2.79 bits per heavy atom. The van der Waals surface area contributed by atoms with E-state index >= 15 is 0 Å². The van der Waals surface area contributed by atoms with E-state index in [1.165, 1.54) is 0 Å². The molecule has 0 fully saturated rings. The Bertz CT molecular complexity index is 494. The maximum Gasteiger partial charge on any atom is 0.129 e. The van der Waals surface area contributed by atoms with Crippen molar-refractivity contribution in [2.75, 3.05) is 11.9 Å². The molecule has 2 heterocycles. The van der Waals surface area contributed by atoms with Gasteiger partial charge in [-0.05, 0) is 24.3 Å². The Morgan fingerprint density at radius 2 is 2.11 bits per heavy atom. The van der Waals surface area contributed by atoms with E-state index in [-0.39, 0.29) is 0 Å². The van der Waals surface area contributed by atoms with Gasteiger partial charge in [-0.15, -0.1) is 0 Å². The topological polar surface area (TPSA) is 41.3 Å². The molecule has 19 heavy (non-hydrogen) atoms. The molecule has 0 atom stereocenters. The Morgan fingerprint density at radius 1 is 1.26 bits per heavy atom. The average molecular weight is 259 g/mol. The maximum atomic E-state index is 5.35. The Hall–Kier alpha value is -1.81. The van der Waals surface area contributed by atoms with E-state index in [9.17, 15) is 0 Å². The zero-order valence-electron chi connectivity index (χ0n) is 11.8. The first-order valence-corrected chi connectivity index (χ1v) is 6.58. The lowest BCUT2D eigenvalue weighted by Gasteiger charge is -2.17. The molecule has 0 aliphatic heterocycles. The van der Waals surface area contributed by atoms with Gasteiger partial charge in [-0.1, -0.05) is 19.9 Å². The number of pyridine rings is 1. The molecule has 2 rings (SSSR count). The second kappa shape index (κ2) is 6.38. The van der Waals surface area contributed by atoms with Gasteiger partial charge >= 0.3 is 0 Å². The number of anilines is 1. The number of aromatic nitrogens is 1. The predicted octanol–water partition coefficient (Wildman–Crippen LogP) is 2.81. The SMILES string of the molecule is CC(C)NCc1cccc(N(C)Cc2ccco2)n1. The third-order valence-electron chi connectivity index (χ3n) is 2.85. The van der Waals surface area contributed by atoms with Crippen molar-refractivity contribution in [2.24, 2.45) is 0 Å². The van der Waals surface area contributed by atoms with Gasteiger partial charge in [-0.3, -0.25) is 0 Å². The van der Waals surface area contributed by atoms with Crippen LogP contribution in [0.15, 0.2) is 41.0 Å². The third-order valence-corrected chi connectivity index (χ3v) is 2.85. The summed E-state index contributed by atoms with van der Waals surface area (Å²) in [7, 11) is 2.02. The van der Waals surface area contributed by atoms with E-state index in [2.05, 4.69) is 29.0 Å². The summed E-state index contributed by atoms with van der Waals surface area (Å²) in [5, 5.41) is 3.37. The molecule has 0 aromatic carbocycles. The van der Waals surface area contributed by atoms with E-state index in [4.69, 9.17) is 4.42 Å². The van der Waals surface area contributed by atoms with Gasteiger partial charge in [0.25, 0.3) is 0 Å². The minimum Gasteiger partial charge on any atom is -0.467 e. The fourth-order valence-electron chi connectivity index (χ4n) is 1.80. The van der Waals surface area contributed by atoms with E-state index in [0.717, 1.165) is 30.4 Å². The van der Waals surface area contributed by atoms with Crippen LogP contribution >= 0.6 is 0 Å². The van der Waals surface area contributed by atoms with E-state index < -0.39 is 0 Å². The molecular formula is C15H21N3O. The van der Waals surface area contributed by atoms with E-state index in [1.54, 1.807) is 6.26 Å². The van der Waals surface area contributed by atoms with Crippen LogP contribution in [0.25, 0.3) is 0 Å². The lowest BCUT2D eigenvalue weighted by Crippen LogP contribution is -2.23. The first kappa shape index (κ1) is 13.6. The van der Waals surface area contributed by atoms with Gasteiger partial charge in [0.1, 0.15) is 11.6 Å². The van der Waals surface area contributed by atoms with E-state index in [0.29, 0.717) is 6.04 Å². The van der Waals surface area contributed by atoms with Crippen molar-refractivity contribution in [3.05, 3.63) is 48.0 Å². The van der Waals surface area contributed by atoms with Gasteiger partial charge in [-0.25, -0.2) is 4.98 Å². The molecule has 102 valence electrons. The molecule has 0 aliphatic rings. The number of hydrogen-bond acceptors (Lipinski definition) is 4. The predicted molar refractivity (Wildman–Crippen MR) is 77.0 cm³/mol. The summed E-state index contributed by atoms with van der Waals surface area (Å²) in [6, 6.07) is 10.4. The van der Waals surface area contributed by atoms with Gasteiger partial charge in [-0.2, -0.15) is 0 Å². The summed E-state index contributed by atoms with van der Waals surface area (Å²) in [5.74, 6) is 1.90. The third kappa shape index (κ3) is 4.10. The zero-order chi connectivity index (χ0) is 13.7. The molecule has 0 saturated carbocycles. The highest BCUT2D eigenvalue weighted by atomic mass is 16.3. The molecule has 4 heteroatoms. The molecule has 0 bridgehead atoms. The van der Waals surface area contributed by atoms with Crippen LogP contribution in [-0.2, 0) is 13.1 Å². The molecule has 0 radical (unpaired) electrons. The zero-order valence-corrected chi connectivity index (χ0v) is 11.8. The van der Waals surface area contributed by atoms with Crippen LogP contribution in [0, 0.1) is 0 Å². The minimum atomic E-state index is 0.464. The second-order valence-electron chi connectivity index (χ2n) is 4.96. The first-order valence-electron chi connectivity index (χ1n) is 6.58. The average Bonchev–Trinajstić information content (AvgIpc) is 2.89. The molecule has 1 N–H and O–H groups in total. The summed E-state index contributed by atoms with van der Waals surface area (Å²) >= 11 is 0. The van der Waals surface area contributed by atoms with Crippen molar-refractivity contribution < 1.29 is 4.42 Å². The van der Waals surface area contributed by atoms with Crippen LogP contribution in [0.1, 0.15) is 25.3 Å². The number of furan rings is 1. The molecular weight excluding hydrogens is 238 g/mol. The molecule has 4 nitrogen and oxygen atoms in total. The van der Waals surface area contributed by atoms with Crippen molar-refractivity contribution in [2.45, 2.75) is 33.0 Å². The Balaban J connectivity index is 2.01. The highest BCUT2D eigenvalue weighted by Gasteiger charge is 2.06. The maximum absolute atomic E-state index is 5.35. The quantitative estimate of drug-likeness (QED) is 0.866. The first-order chi connectivity index (χ1) is 9.15. The number of nitrogens with one attached hydrogen (secondary N) is 1. The van der Waals surface area contributed by atoms with Crippen molar-refractivity contribution in [3.8, 4) is 0 Å². The lowest BCUT2D eigenvalue weighted by molar-refractivity contribution is 0.506. The molecule has 0 amide bonds. The standard InChI is InChI=1S/C15H21N3O/c1-12(2)16-10-13-6-4-8-15(17-13)18(3)11-14-7-5-9-19-14/h4-9,12,16H,10-11H2,1-3H3. The molecule has 0 saturated heterocycles. The fourth-order valence-corrected chi connectivity index (χ4v) is 1.80. The number of nitrogens with zero attached hydrogens (tertiary/aromatic N) is 2. The summed E-state index contributed by atoms with van der Waals surface area (Å²) in [6.45, 7) is 5.78. The normalized spacial score (nSPS) is 10.9. The monoisotopic (exact) mass is 259 g/mol. The van der Waals surface area contributed by atoms with Gasteiger partial charge in [0.05, 0.1) is 18.5 Å². The molecule has 2 aromatic rings. The second-order valence-corrected chi connectivity index (χ2v) is 4.96. The summed E-state index contributed by atoms with van der Waals surface area (Å²) < 4.78 is 5.35. The fraction of sp³-hybridized carbons (Fsp3) is 0.400. The van der Waals surface area contributed by atoms with Crippen LogP contribution in [-0.4, -0.2) is 18.1 Å². The van der Waals surface area contributed by atoms with E-state index in [1.807, 2.05) is 37.4 Å². The van der Waals surface area contributed by atoms with Crippen LogP contribution in [0.4, 0.5) is 5.82 Å². The summed E-state index contributed by atoms with van der Waals surface area (Å²) in [4.78, 5) is 6.73. The molecule has 2 aromatic heterocycles.